The summed E-state index contributed by atoms with van der Waals surface area (Å²) in [5, 5.41) is 0. The Kier molecular flexibility index (Phi) is 4.53. The maximum atomic E-state index is 6.15. The van der Waals surface area contributed by atoms with Crippen LogP contribution in [0.15, 0.2) is 0 Å². The standard InChI is InChI=1S/C12H26N2O2Si.H4Si/c1-11(2,3)13-7-9-15-17(13)14(8-10-16-17)12(4,5)6;/h7-10H2,1-6H3;1H4. The molecule has 0 amide bonds. The maximum Gasteiger partial charge on any atom is 0.523 e. The van der Waals surface area contributed by atoms with Crippen LogP contribution in [0.25, 0.3) is 0 Å². The molecule has 0 bridgehead atoms. The molecule has 0 aromatic carbocycles. The first-order chi connectivity index (χ1) is 7.68. The van der Waals surface area contributed by atoms with E-state index in [2.05, 4.69) is 50.7 Å². The molecule has 0 unspecified atom stereocenters. The molecule has 1 spiro atoms. The summed E-state index contributed by atoms with van der Waals surface area (Å²) < 4.78 is 17.2. The Labute approximate surface area is 117 Å². The molecule has 2 saturated heterocycles. The second kappa shape index (κ2) is 4.99. The Balaban J connectivity index is 0.00000162. The van der Waals surface area contributed by atoms with Gasteiger partial charge in [0, 0.05) is 24.2 Å². The van der Waals surface area contributed by atoms with Gasteiger partial charge in [-0.25, -0.2) is 0 Å². The van der Waals surface area contributed by atoms with Gasteiger partial charge in [-0.3, -0.25) is 9.13 Å². The zero-order valence-electron chi connectivity index (χ0n) is 12.0. The fourth-order valence-electron chi connectivity index (χ4n) is 2.84. The van der Waals surface area contributed by atoms with Crippen molar-refractivity contribution >= 4 is 19.8 Å². The van der Waals surface area contributed by atoms with Crippen molar-refractivity contribution in [2.75, 3.05) is 26.3 Å². The lowest BCUT2D eigenvalue weighted by Crippen LogP contribution is -2.70. The van der Waals surface area contributed by atoms with E-state index in [9.17, 15) is 0 Å². The van der Waals surface area contributed by atoms with Gasteiger partial charge in [0.1, 0.15) is 0 Å². The number of hydrogen-bond donors (Lipinski definition) is 0. The summed E-state index contributed by atoms with van der Waals surface area (Å²) >= 11 is 0. The maximum absolute atomic E-state index is 6.15. The first kappa shape index (κ1) is 16.3. The molecule has 0 aromatic heterocycles. The molecule has 4 nitrogen and oxygen atoms in total. The quantitative estimate of drug-likeness (QED) is 0.597. The molecule has 0 saturated carbocycles. The Morgan fingerprint density at radius 3 is 1.39 bits per heavy atom. The third kappa shape index (κ3) is 2.59. The van der Waals surface area contributed by atoms with Gasteiger partial charge in [0.05, 0.1) is 13.2 Å². The summed E-state index contributed by atoms with van der Waals surface area (Å²) in [6.45, 7) is 17.1. The lowest BCUT2D eigenvalue weighted by molar-refractivity contribution is 0.114. The molecule has 6 heteroatoms. The van der Waals surface area contributed by atoms with Gasteiger partial charge in [0.15, 0.2) is 0 Å². The van der Waals surface area contributed by atoms with Crippen LogP contribution in [0, 0.1) is 0 Å². The van der Waals surface area contributed by atoms with Crippen molar-refractivity contribution in [1.29, 1.82) is 0 Å². The van der Waals surface area contributed by atoms with Gasteiger partial charge in [-0.2, -0.15) is 0 Å². The van der Waals surface area contributed by atoms with Crippen LogP contribution in [0.1, 0.15) is 41.5 Å². The summed E-state index contributed by atoms with van der Waals surface area (Å²) in [4.78, 5) is 0. The fraction of sp³-hybridized carbons (Fsp3) is 1.00. The SMILES string of the molecule is CC(C)(C)N1CCO[Si]12OCCN2C(C)(C)C.[SiH4]. The molecule has 0 atom stereocenters. The van der Waals surface area contributed by atoms with Crippen molar-refractivity contribution in [2.45, 2.75) is 52.6 Å². The molecule has 0 N–H and O–H groups in total. The smallest absolute Gasteiger partial charge is 0.369 e. The van der Waals surface area contributed by atoms with E-state index >= 15 is 0 Å². The number of hydrogen-bond acceptors (Lipinski definition) is 4. The van der Waals surface area contributed by atoms with Gasteiger partial charge in [-0.1, -0.05) is 0 Å². The van der Waals surface area contributed by atoms with Crippen LogP contribution in [-0.4, -0.2) is 66.4 Å². The summed E-state index contributed by atoms with van der Waals surface area (Å²) in [6.07, 6.45) is 0. The first-order valence-corrected chi connectivity index (χ1v) is 8.22. The zero-order chi connectivity index (χ0) is 12.9. The molecule has 2 aliphatic heterocycles. The van der Waals surface area contributed by atoms with E-state index in [0.29, 0.717) is 0 Å². The minimum Gasteiger partial charge on any atom is -0.369 e. The molecule has 2 heterocycles. The van der Waals surface area contributed by atoms with Crippen molar-refractivity contribution in [1.82, 2.24) is 9.13 Å². The predicted molar refractivity (Wildman–Crippen MR) is 81.9 cm³/mol. The van der Waals surface area contributed by atoms with Crippen LogP contribution in [-0.2, 0) is 8.85 Å². The average Bonchev–Trinajstić information content (AvgIpc) is 2.71. The van der Waals surface area contributed by atoms with E-state index in [4.69, 9.17) is 8.85 Å². The van der Waals surface area contributed by atoms with Crippen molar-refractivity contribution in [2.24, 2.45) is 0 Å². The highest BCUT2D eigenvalue weighted by Crippen LogP contribution is 2.37. The highest BCUT2D eigenvalue weighted by molar-refractivity contribution is 6.63. The van der Waals surface area contributed by atoms with E-state index in [0.717, 1.165) is 26.3 Å². The van der Waals surface area contributed by atoms with E-state index in [1.165, 1.54) is 0 Å². The molecule has 2 rings (SSSR count). The molecule has 0 radical (unpaired) electrons. The van der Waals surface area contributed by atoms with Gasteiger partial charge in [0.25, 0.3) is 0 Å². The van der Waals surface area contributed by atoms with Crippen LogP contribution < -0.4 is 0 Å². The molecule has 0 aliphatic carbocycles. The second-order valence-corrected chi connectivity index (χ2v) is 9.64. The summed E-state index contributed by atoms with van der Waals surface area (Å²) in [6, 6.07) is 0. The minimum absolute atomic E-state index is 0. The topological polar surface area (TPSA) is 24.9 Å². The van der Waals surface area contributed by atoms with E-state index in [1.807, 2.05) is 0 Å². The predicted octanol–water partition coefficient (Wildman–Crippen LogP) is 0.232. The van der Waals surface area contributed by atoms with Gasteiger partial charge >= 0.3 is 8.88 Å². The Morgan fingerprint density at radius 1 is 0.778 bits per heavy atom. The number of rotatable bonds is 0. The van der Waals surface area contributed by atoms with Gasteiger partial charge in [-0.15, -0.1) is 0 Å². The lowest BCUT2D eigenvalue weighted by Gasteiger charge is -2.46. The zero-order valence-corrected chi connectivity index (χ0v) is 13.0. The minimum atomic E-state index is -2.33. The lowest BCUT2D eigenvalue weighted by atomic mass is 10.1. The normalized spacial score (nSPS) is 25.7. The summed E-state index contributed by atoms with van der Waals surface area (Å²) in [7, 11) is -2.33. The Morgan fingerprint density at radius 2 is 1.11 bits per heavy atom. The second-order valence-electron chi connectivity index (χ2n) is 6.89. The van der Waals surface area contributed by atoms with E-state index in [1.54, 1.807) is 0 Å². The van der Waals surface area contributed by atoms with E-state index in [-0.39, 0.29) is 22.0 Å². The summed E-state index contributed by atoms with van der Waals surface area (Å²) in [5.41, 5.74) is 0.215. The Bertz CT molecular complexity index is 269. The third-order valence-electron chi connectivity index (χ3n) is 3.51. The summed E-state index contributed by atoms with van der Waals surface area (Å²) in [5.74, 6) is 0. The largest absolute Gasteiger partial charge is 0.523 e. The molecular weight excluding hydrogens is 260 g/mol. The molecule has 18 heavy (non-hydrogen) atoms. The van der Waals surface area contributed by atoms with Crippen molar-refractivity contribution in [3.63, 3.8) is 0 Å². The van der Waals surface area contributed by atoms with E-state index < -0.39 is 8.88 Å². The Hall–Kier alpha value is 0.274. The van der Waals surface area contributed by atoms with Gasteiger partial charge in [0.2, 0.25) is 0 Å². The van der Waals surface area contributed by atoms with Crippen LogP contribution in [0.3, 0.4) is 0 Å². The van der Waals surface area contributed by atoms with Crippen molar-refractivity contribution in [3.8, 4) is 0 Å². The monoisotopic (exact) mass is 290 g/mol. The molecule has 0 aromatic rings. The highest BCUT2D eigenvalue weighted by Gasteiger charge is 2.63. The van der Waals surface area contributed by atoms with Gasteiger partial charge < -0.3 is 8.85 Å². The average molecular weight is 291 g/mol. The van der Waals surface area contributed by atoms with Crippen LogP contribution >= 0.6 is 0 Å². The van der Waals surface area contributed by atoms with Gasteiger partial charge in [-0.05, 0) is 52.5 Å². The van der Waals surface area contributed by atoms with Crippen LogP contribution in [0.4, 0.5) is 0 Å². The van der Waals surface area contributed by atoms with Crippen LogP contribution in [0.2, 0.25) is 0 Å². The first-order valence-electron chi connectivity index (χ1n) is 6.51. The molecular formula is C12H30N2O2Si2. The number of nitrogens with zero attached hydrogens (tertiary/aromatic N) is 2. The fourth-order valence-corrected chi connectivity index (χ4v) is 7.00. The molecule has 2 fully saturated rings. The molecule has 2 aliphatic rings. The van der Waals surface area contributed by atoms with Crippen molar-refractivity contribution < 1.29 is 8.85 Å². The third-order valence-corrected chi connectivity index (χ3v) is 7.83. The van der Waals surface area contributed by atoms with Crippen LogP contribution in [0.5, 0.6) is 0 Å². The highest BCUT2D eigenvalue weighted by atomic mass is 28.4. The molecule has 108 valence electrons. The van der Waals surface area contributed by atoms with Crippen molar-refractivity contribution in [3.05, 3.63) is 0 Å².